The molecule has 2 heterocycles. The van der Waals surface area contributed by atoms with Gasteiger partial charge in [0.2, 0.25) is 0 Å². The number of H-pyrrole nitrogens is 1. The number of nitrogens with two attached hydrogens (primary N) is 1. The Bertz CT molecular complexity index is 834. The summed E-state index contributed by atoms with van der Waals surface area (Å²) in [5.41, 5.74) is 7.18. The van der Waals surface area contributed by atoms with Crippen molar-refractivity contribution in [2.24, 2.45) is 0 Å². The molecule has 0 atom stereocenters. The summed E-state index contributed by atoms with van der Waals surface area (Å²) in [7, 11) is 0. The molecular formula is C15H15N5O. The van der Waals surface area contributed by atoms with E-state index in [1.54, 1.807) is 17.0 Å². The highest BCUT2D eigenvalue weighted by molar-refractivity contribution is 5.62. The van der Waals surface area contributed by atoms with Crippen molar-refractivity contribution in [3.8, 4) is 17.2 Å². The topological polar surface area (TPSA) is 89.6 Å². The molecule has 0 amide bonds. The van der Waals surface area contributed by atoms with Crippen LogP contribution >= 0.6 is 0 Å². The van der Waals surface area contributed by atoms with E-state index in [1.807, 2.05) is 31.2 Å². The summed E-state index contributed by atoms with van der Waals surface area (Å²) in [4.78, 5) is 23.2. The van der Waals surface area contributed by atoms with Crippen LogP contribution in [0, 0.1) is 0 Å². The number of nitrogens with one attached hydrogen (secondary N) is 1. The Morgan fingerprint density at radius 2 is 2.19 bits per heavy atom. The molecule has 0 unspecified atom stereocenters. The number of benzene rings is 1. The third kappa shape index (κ3) is 2.55. The molecule has 0 radical (unpaired) electrons. The number of imidazole rings is 1. The molecule has 0 aliphatic carbocycles. The van der Waals surface area contributed by atoms with Gasteiger partial charge in [0, 0.05) is 36.1 Å². The van der Waals surface area contributed by atoms with Gasteiger partial charge in [-0.3, -0.25) is 9.36 Å². The minimum Gasteiger partial charge on any atom is -0.399 e. The van der Waals surface area contributed by atoms with Gasteiger partial charge in [-0.25, -0.2) is 9.97 Å². The molecule has 3 N–H and O–H groups in total. The van der Waals surface area contributed by atoms with E-state index < -0.39 is 0 Å². The third-order valence-corrected chi connectivity index (χ3v) is 3.14. The molecule has 21 heavy (non-hydrogen) atoms. The van der Waals surface area contributed by atoms with Gasteiger partial charge in [0.25, 0.3) is 5.56 Å². The first-order chi connectivity index (χ1) is 10.2. The van der Waals surface area contributed by atoms with Gasteiger partial charge < -0.3 is 10.7 Å². The van der Waals surface area contributed by atoms with Crippen LogP contribution in [0.15, 0.2) is 47.5 Å². The lowest BCUT2D eigenvalue weighted by molar-refractivity contribution is 0.875. The van der Waals surface area contributed by atoms with Gasteiger partial charge in [0.05, 0.1) is 0 Å². The second kappa shape index (κ2) is 5.24. The van der Waals surface area contributed by atoms with E-state index in [0.717, 1.165) is 5.56 Å². The monoisotopic (exact) mass is 281 g/mol. The Kier molecular flexibility index (Phi) is 3.27. The summed E-state index contributed by atoms with van der Waals surface area (Å²) in [6.45, 7) is 1.94. The maximum Gasteiger partial charge on any atom is 0.253 e. The largest absolute Gasteiger partial charge is 0.399 e. The van der Waals surface area contributed by atoms with E-state index in [4.69, 9.17) is 5.73 Å². The van der Waals surface area contributed by atoms with Crippen LogP contribution in [-0.4, -0.2) is 19.5 Å². The Morgan fingerprint density at radius 3 is 2.95 bits per heavy atom. The minimum atomic E-state index is -0.177. The van der Waals surface area contributed by atoms with Crippen molar-refractivity contribution in [2.75, 3.05) is 5.73 Å². The minimum absolute atomic E-state index is 0.177. The zero-order chi connectivity index (χ0) is 14.8. The molecule has 0 aliphatic heterocycles. The number of rotatable bonds is 3. The Hall–Kier alpha value is -2.89. The van der Waals surface area contributed by atoms with Crippen molar-refractivity contribution in [2.45, 2.75) is 13.3 Å². The number of nitrogens with zero attached hydrogens (tertiary/aromatic N) is 3. The molecule has 0 fully saturated rings. The molecular weight excluding hydrogens is 266 g/mol. The molecule has 0 bridgehead atoms. The quantitative estimate of drug-likeness (QED) is 0.716. The van der Waals surface area contributed by atoms with Crippen molar-refractivity contribution in [3.63, 3.8) is 0 Å². The lowest BCUT2D eigenvalue weighted by atomic mass is 10.2. The second-order valence-electron chi connectivity index (χ2n) is 4.65. The van der Waals surface area contributed by atoms with Crippen molar-refractivity contribution >= 4 is 5.69 Å². The molecule has 0 saturated carbocycles. The first-order valence-corrected chi connectivity index (χ1v) is 6.67. The Labute approximate surface area is 121 Å². The maximum absolute atomic E-state index is 11.7. The van der Waals surface area contributed by atoms with Crippen LogP contribution in [0.4, 0.5) is 5.69 Å². The molecule has 2 aromatic heterocycles. The second-order valence-corrected chi connectivity index (χ2v) is 4.65. The highest BCUT2D eigenvalue weighted by Crippen LogP contribution is 2.21. The van der Waals surface area contributed by atoms with E-state index in [2.05, 4.69) is 15.0 Å². The van der Waals surface area contributed by atoms with E-state index in [1.165, 1.54) is 6.07 Å². The van der Waals surface area contributed by atoms with Crippen molar-refractivity contribution < 1.29 is 0 Å². The van der Waals surface area contributed by atoms with Gasteiger partial charge in [-0.15, -0.1) is 0 Å². The molecule has 0 saturated heterocycles. The van der Waals surface area contributed by atoms with Gasteiger partial charge >= 0.3 is 0 Å². The average Bonchev–Trinajstić information content (AvgIpc) is 2.96. The highest BCUT2D eigenvalue weighted by Gasteiger charge is 2.10. The van der Waals surface area contributed by atoms with Gasteiger partial charge in [-0.05, 0) is 12.1 Å². The van der Waals surface area contributed by atoms with Crippen molar-refractivity contribution in [1.82, 2.24) is 19.5 Å². The van der Waals surface area contributed by atoms with Gasteiger partial charge in [-0.2, -0.15) is 0 Å². The Balaban J connectivity index is 2.15. The van der Waals surface area contributed by atoms with Crippen LogP contribution in [0.25, 0.3) is 17.2 Å². The van der Waals surface area contributed by atoms with E-state index in [9.17, 15) is 4.79 Å². The number of hydrogen-bond donors (Lipinski definition) is 2. The molecule has 106 valence electrons. The molecule has 3 rings (SSSR count). The summed E-state index contributed by atoms with van der Waals surface area (Å²) in [6.07, 6.45) is 4.11. The van der Waals surface area contributed by atoms with Crippen LogP contribution in [0.3, 0.4) is 0 Å². The summed E-state index contributed by atoms with van der Waals surface area (Å²) < 4.78 is 1.78. The highest BCUT2D eigenvalue weighted by atomic mass is 16.1. The number of aromatic nitrogens is 4. The lowest BCUT2D eigenvalue weighted by Crippen LogP contribution is -2.13. The van der Waals surface area contributed by atoms with Crippen LogP contribution in [-0.2, 0) is 6.42 Å². The smallest absolute Gasteiger partial charge is 0.253 e. The van der Waals surface area contributed by atoms with Crippen LogP contribution < -0.4 is 11.3 Å². The Morgan fingerprint density at radius 1 is 1.33 bits per heavy atom. The summed E-state index contributed by atoms with van der Waals surface area (Å²) in [5.74, 6) is 1.89. The SMILES string of the molecule is CCc1nc(-n2ccnc2-c2cccc(N)c2)cc(=O)[nH]1. The van der Waals surface area contributed by atoms with Gasteiger partial charge in [0.1, 0.15) is 17.5 Å². The number of nitrogen functional groups attached to an aromatic ring is 1. The fraction of sp³-hybridized carbons (Fsp3) is 0.133. The van der Waals surface area contributed by atoms with Gasteiger partial charge in [-0.1, -0.05) is 19.1 Å². The first-order valence-electron chi connectivity index (χ1n) is 6.67. The molecule has 6 nitrogen and oxygen atoms in total. The summed E-state index contributed by atoms with van der Waals surface area (Å²) >= 11 is 0. The third-order valence-electron chi connectivity index (χ3n) is 3.14. The predicted molar refractivity (Wildman–Crippen MR) is 81.2 cm³/mol. The van der Waals surface area contributed by atoms with E-state index >= 15 is 0 Å². The van der Waals surface area contributed by atoms with Crippen molar-refractivity contribution in [3.05, 3.63) is 58.9 Å². The van der Waals surface area contributed by atoms with E-state index in [-0.39, 0.29) is 5.56 Å². The summed E-state index contributed by atoms with van der Waals surface area (Å²) in [5, 5.41) is 0. The maximum atomic E-state index is 11.7. The molecule has 3 aromatic rings. The molecule has 6 heteroatoms. The number of anilines is 1. The number of aryl methyl sites for hydroxylation is 1. The van der Waals surface area contributed by atoms with Crippen LogP contribution in [0.1, 0.15) is 12.7 Å². The first kappa shape index (κ1) is 13.1. The number of aromatic amines is 1. The summed E-state index contributed by atoms with van der Waals surface area (Å²) in [6, 6.07) is 8.90. The zero-order valence-corrected chi connectivity index (χ0v) is 11.6. The van der Waals surface area contributed by atoms with Crippen LogP contribution in [0.5, 0.6) is 0 Å². The lowest BCUT2D eigenvalue weighted by Gasteiger charge is -2.08. The molecule has 0 aliphatic rings. The zero-order valence-electron chi connectivity index (χ0n) is 11.6. The van der Waals surface area contributed by atoms with Crippen LogP contribution in [0.2, 0.25) is 0 Å². The molecule has 1 aromatic carbocycles. The number of hydrogen-bond acceptors (Lipinski definition) is 4. The fourth-order valence-electron chi connectivity index (χ4n) is 2.16. The van der Waals surface area contributed by atoms with E-state index in [0.29, 0.717) is 29.6 Å². The normalized spacial score (nSPS) is 10.7. The average molecular weight is 281 g/mol. The standard InChI is InChI=1S/C15H15N5O/c1-2-12-18-13(9-14(21)19-12)20-7-6-17-15(20)10-4-3-5-11(16)8-10/h3-9H,2,16H2,1H3,(H,18,19,21). The fourth-order valence-corrected chi connectivity index (χ4v) is 2.16. The molecule has 0 spiro atoms. The van der Waals surface area contributed by atoms with Crippen molar-refractivity contribution in [1.29, 1.82) is 0 Å². The predicted octanol–water partition coefficient (Wildman–Crippen LogP) is 1.77. The van der Waals surface area contributed by atoms with Gasteiger partial charge in [0.15, 0.2) is 0 Å².